The summed E-state index contributed by atoms with van der Waals surface area (Å²) in [5.74, 6) is -3.25. The Morgan fingerprint density at radius 3 is 2.30 bits per heavy atom. The fraction of sp³-hybridized carbons (Fsp3) is 0.700. The molecule has 40 heavy (non-hydrogen) atoms. The number of Topliss-reactive ketones (excluding diaryl/α,β-unsaturated/α-hetero) is 1. The molecule has 5 rings (SSSR count). The van der Waals surface area contributed by atoms with Crippen molar-refractivity contribution in [1.29, 1.82) is 0 Å². The topological polar surface area (TPSA) is 183 Å². The number of carbonyl (C=O) groups excluding carboxylic acids is 1. The van der Waals surface area contributed by atoms with E-state index in [1.807, 2.05) is 6.07 Å². The summed E-state index contributed by atoms with van der Waals surface area (Å²) in [6.07, 6.45) is -6.39. The molecule has 0 radical (unpaired) electrons. The molecule has 8 N–H and O–H groups in total. The highest BCUT2D eigenvalue weighted by molar-refractivity contribution is 5.93. The van der Waals surface area contributed by atoms with E-state index in [0.29, 0.717) is 11.1 Å². The molecule has 12 atom stereocenters. The first-order valence-electron chi connectivity index (χ1n) is 14.1. The van der Waals surface area contributed by atoms with Gasteiger partial charge in [0.25, 0.3) is 0 Å². The number of aliphatic hydroxyl groups excluding tert-OH is 3. The first-order chi connectivity index (χ1) is 18.6. The van der Waals surface area contributed by atoms with Crippen LogP contribution in [0.4, 0.5) is 0 Å². The molecule has 1 heterocycles. The van der Waals surface area contributed by atoms with Crippen LogP contribution in [0.5, 0.6) is 0 Å². The molecule has 1 aromatic carbocycles. The monoisotopic (exact) mass is 561 g/mol. The number of rotatable bonds is 5. The number of ketones is 1. The molecular formula is C30H43NO9. The first kappa shape index (κ1) is 29.8. The van der Waals surface area contributed by atoms with Crippen LogP contribution in [0.25, 0.3) is 0 Å². The number of hydrogen-bond donors (Lipinski definition) is 7. The molecule has 2 saturated carbocycles. The Bertz CT molecular complexity index is 1190. The number of benzene rings is 1. The largest absolute Gasteiger partial charge is 0.392 e. The van der Waals surface area contributed by atoms with Gasteiger partial charge in [-0.15, -0.1) is 0 Å². The van der Waals surface area contributed by atoms with E-state index in [9.17, 15) is 35.6 Å². The maximum Gasteiger partial charge on any atom is 0.174 e. The first-order valence-corrected chi connectivity index (χ1v) is 14.1. The average molecular weight is 562 g/mol. The Morgan fingerprint density at radius 1 is 1.12 bits per heavy atom. The second-order valence-corrected chi connectivity index (χ2v) is 13.3. The fourth-order valence-electron chi connectivity index (χ4n) is 8.87. The molecule has 3 aliphatic carbocycles. The lowest BCUT2D eigenvalue weighted by Gasteiger charge is -2.67. The Balaban J connectivity index is 1.67. The molecule has 222 valence electrons. The van der Waals surface area contributed by atoms with E-state index >= 15 is 0 Å². The van der Waals surface area contributed by atoms with E-state index in [-0.39, 0.29) is 25.0 Å². The minimum atomic E-state index is -1.72. The van der Waals surface area contributed by atoms with Gasteiger partial charge in [-0.1, -0.05) is 56.7 Å². The van der Waals surface area contributed by atoms with Crippen LogP contribution >= 0.6 is 0 Å². The third-order valence-electron chi connectivity index (χ3n) is 11.4. The fourth-order valence-corrected chi connectivity index (χ4v) is 8.87. The van der Waals surface area contributed by atoms with Gasteiger partial charge in [-0.05, 0) is 37.3 Å². The van der Waals surface area contributed by atoms with Crippen molar-refractivity contribution in [3.05, 3.63) is 47.0 Å². The van der Waals surface area contributed by atoms with Crippen LogP contribution in [0.15, 0.2) is 41.5 Å². The second kappa shape index (κ2) is 9.65. The lowest BCUT2D eigenvalue weighted by atomic mass is 9.42. The van der Waals surface area contributed by atoms with Gasteiger partial charge in [0.05, 0.1) is 35.9 Å². The lowest BCUT2D eigenvalue weighted by Crippen LogP contribution is -2.78. The molecule has 2 bridgehead atoms. The van der Waals surface area contributed by atoms with Crippen molar-refractivity contribution >= 4 is 5.78 Å². The summed E-state index contributed by atoms with van der Waals surface area (Å²) >= 11 is 0. The molecule has 4 aliphatic rings. The van der Waals surface area contributed by atoms with Crippen molar-refractivity contribution in [3.63, 3.8) is 0 Å². The standard InChI is InChI=1S/C30H43NO9/c1-14-17(24(40-38)23(34)21(31)16-9-7-6-8-10-16)12-30(37)15(2)25-28(5,18(32)11-19-29(25,36)13-39-19)26(35)22(33)20(14)27(30,3)4/h6-10,15,17-19,21-25,32-34,36-38H,11-13,31H2,1-5H3/t15?,17?,18?,19?,21?,22?,23?,24-,25?,28+,29-,30?/m0/s1. The van der Waals surface area contributed by atoms with Crippen LogP contribution in [0.1, 0.15) is 59.1 Å². The van der Waals surface area contributed by atoms with Crippen LogP contribution in [-0.2, 0) is 14.4 Å². The summed E-state index contributed by atoms with van der Waals surface area (Å²) in [6, 6.07) is 7.90. The average Bonchev–Trinajstić information content (AvgIpc) is 2.92. The van der Waals surface area contributed by atoms with Crippen LogP contribution in [0, 0.1) is 28.6 Å². The Labute approximate surface area is 234 Å². The number of carbonyl (C=O) groups is 1. The molecule has 0 amide bonds. The predicted octanol–water partition coefficient (Wildman–Crippen LogP) is 1.10. The highest BCUT2D eigenvalue weighted by Gasteiger charge is 2.74. The van der Waals surface area contributed by atoms with Crippen molar-refractivity contribution in [2.45, 2.75) is 95.2 Å². The van der Waals surface area contributed by atoms with Crippen molar-refractivity contribution in [3.8, 4) is 0 Å². The van der Waals surface area contributed by atoms with Crippen molar-refractivity contribution in [2.75, 3.05) is 6.61 Å². The van der Waals surface area contributed by atoms with Gasteiger partial charge >= 0.3 is 0 Å². The molecule has 9 unspecified atom stereocenters. The molecule has 1 saturated heterocycles. The summed E-state index contributed by atoms with van der Waals surface area (Å²) in [7, 11) is 0. The molecule has 10 heteroatoms. The zero-order chi connectivity index (χ0) is 29.6. The Kier molecular flexibility index (Phi) is 7.18. The van der Waals surface area contributed by atoms with Crippen LogP contribution in [0.3, 0.4) is 0 Å². The number of hydrogen-bond acceptors (Lipinski definition) is 10. The summed E-state index contributed by atoms with van der Waals surface area (Å²) in [5, 5.41) is 69.0. The molecule has 0 spiro atoms. The van der Waals surface area contributed by atoms with E-state index in [4.69, 9.17) is 15.4 Å². The molecule has 3 fully saturated rings. The summed E-state index contributed by atoms with van der Waals surface area (Å²) in [5.41, 5.74) is 1.80. The van der Waals surface area contributed by atoms with Gasteiger partial charge in [0.15, 0.2) is 5.78 Å². The number of ether oxygens (including phenoxy) is 1. The lowest BCUT2D eigenvalue weighted by molar-refractivity contribution is -0.339. The zero-order valence-electron chi connectivity index (χ0n) is 23.7. The van der Waals surface area contributed by atoms with E-state index < -0.39 is 82.1 Å². The normalized spacial score (nSPS) is 44.9. The highest BCUT2D eigenvalue weighted by atomic mass is 17.1. The summed E-state index contributed by atoms with van der Waals surface area (Å²) in [6.45, 7) is 8.43. The summed E-state index contributed by atoms with van der Waals surface area (Å²) < 4.78 is 5.59. The molecule has 0 aromatic heterocycles. The van der Waals surface area contributed by atoms with Crippen molar-refractivity contribution in [2.24, 2.45) is 34.3 Å². The van der Waals surface area contributed by atoms with Crippen molar-refractivity contribution < 1.29 is 45.2 Å². The summed E-state index contributed by atoms with van der Waals surface area (Å²) in [4.78, 5) is 19.1. The Morgan fingerprint density at radius 2 is 1.75 bits per heavy atom. The molecular weight excluding hydrogens is 518 g/mol. The number of aliphatic hydroxyl groups is 5. The maximum atomic E-state index is 14.2. The van der Waals surface area contributed by atoms with E-state index in [2.05, 4.69) is 0 Å². The number of fused-ring (bicyclic) bond motifs is 5. The SMILES string of the molecule is CC1=C2C(O)C(=O)[C@]3(C)C(O)CC4OC[C@@]4(O)C3C(C)C(O)(CC1[C@H](OO)C(O)C(N)c1ccccc1)C2(C)C. The highest BCUT2D eigenvalue weighted by Crippen LogP contribution is 2.65. The van der Waals surface area contributed by atoms with Gasteiger partial charge in [0.2, 0.25) is 0 Å². The minimum Gasteiger partial charge on any atom is -0.392 e. The van der Waals surface area contributed by atoms with E-state index in [1.54, 1.807) is 58.9 Å². The molecule has 10 nitrogen and oxygen atoms in total. The van der Waals surface area contributed by atoms with Crippen LogP contribution < -0.4 is 5.73 Å². The smallest absolute Gasteiger partial charge is 0.174 e. The van der Waals surface area contributed by atoms with Gasteiger partial charge < -0.3 is 36.0 Å². The molecule has 1 aromatic rings. The molecule has 1 aliphatic heterocycles. The van der Waals surface area contributed by atoms with Gasteiger partial charge in [0.1, 0.15) is 23.9 Å². The van der Waals surface area contributed by atoms with Crippen LogP contribution in [0.2, 0.25) is 0 Å². The van der Waals surface area contributed by atoms with Gasteiger partial charge in [0, 0.05) is 23.7 Å². The zero-order valence-corrected chi connectivity index (χ0v) is 23.7. The van der Waals surface area contributed by atoms with Gasteiger partial charge in [-0.25, -0.2) is 4.89 Å². The maximum absolute atomic E-state index is 14.2. The van der Waals surface area contributed by atoms with E-state index in [0.717, 1.165) is 0 Å². The van der Waals surface area contributed by atoms with Gasteiger partial charge in [-0.3, -0.25) is 10.1 Å². The van der Waals surface area contributed by atoms with Crippen LogP contribution in [-0.4, -0.2) is 84.9 Å². The Hall–Kier alpha value is -1.73. The second-order valence-electron chi connectivity index (χ2n) is 13.3. The third kappa shape index (κ3) is 3.71. The quantitative estimate of drug-likeness (QED) is 0.156. The van der Waals surface area contributed by atoms with Gasteiger partial charge in [-0.2, -0.15) is 0 Å². The van der Waals surface area contributed by atoms with Crippen molar-refractivity contribution in [1.82, 2.24) is 0 Å². The predicted molar refractivity (Wildman–Crippen MR) is 144 cm³/mol. The minimum absolute atomic E-state index is 0.0289. The third-order valence-corrected chi connectivity index (χ3v) is 11.4. The van der Waals surface area contributed by atoms with E-state index in [1.165, 1.54) is 0 Å². The number of nitrogens with two attached hydrogens (primary N) is 1.